The second-order valence-corrected chi connectivity index (χ2v) is 19.5. The number of carbonyl (C=O) groups is 7. The van der Waals surface area contributed by atoms with Crippen molar-refractivity contribution in [1.29, 1.82) is 0 Å². The minimum atomic E-state index is -1.86. The lowest BCUT2D eigenvalue weighted by Crippen LogP contribution is -2.63. The average Bonchev–Trinajstić information content (AvgIpc) is 3.86. The topological polar surface area (TPSA) is 220 Å². The molecule has 2 N–H and O–H groups in total. The third-order valence-corrected chi connectivity index (χ3v) is 14.7. The molecule has 1 aromatic carbocycles. The number of alkyl carbamates (subject to hydrolysis) is 1. The predicted molar refractivity (Wildman–Crippen MR) is 237 cm³/mol. The van der Waals surface area contributed by atoms with E-state index in [0.29, 0.717) is 40.8 Å². The smallest absolute Gasteiger partial charge is 0.409 e. The Kier molecular flexibility index (Phi) is 17.2. The summed E-state index contributed by atoms with van der Waals surface area (Å²) in [5.41, 5.74) is -1.10. The summed E-state index contributed by atoms with van der Waals surface area (Å²) in [5.74, 6) is -2.65. The van der Waals surface area contributed by atoms with E-state index in [4.69, 9.17) is 40.1 Å². The number of allylic oxidation sites excluding steroid dienone is 3. The van der Waals surface area contributed by atoms with Crippen molar-refractivity contribution in [2.24, 2.45) is 5.92 Å². The van der Waals surface area contributed by atoms with Crippen LogP contribution in [0.2, 0.25) is 5.02 Å². The monoisotopic (exact) mass is 952 g/mol. The number of halogens is 1. The van der Waals surface area contributed by atoms with Gasteiger partial charge in [-0.05, 0) is 51.3 Å². The fraction of sp³-hybridized carbons (Fsp3) is 0.605. The van der Waals surface area contributed by atoms with E-state index in [0.717, 1.165) is 11.1 Å². The van der Waals surface area contributed by atoms with E-state index < -0.39 is 83.5 Å². The van der Waals surface area contributed by atoms with Crippen LogP contribution in [0.5, 0.6) is 5.75 Å². The number of ether oxygens (including phenoxy) is 5. The second-order valence-electron chi connectivity index (χ2n) is 16.4. The van der Waals surface area contributed by atoms with Gasteiger partial charge in [-0.3, -0.25) is 24.5 Å². The molecule has 64 heavy (non-hydrogen) atoms. The minimum absolute atomic E-state index is 0.00719. The van der Waals surface area contributed by atoms with Gasteiger partial charge in [-0.1, -0.05) is 63.9 Å². The first-order valence-electron chi connectivity index (χ1n) is 20.9. The Balaban J connectivity index is 1.28. The Morgan fingerprint density at radius 2 is 1.77 bits per heavy atom. The number of hydrogen-bond donors (Lipinski definition) is 2. The summed E-state index contributed by atoms with van der Waals surface area (Å²) in [5, 5.41) is 15.0. The number of aliphatic hydroxyl groups is 1. The van der Waals surface area contributed by atoms with Gasteiger partial charge in [0.2, 0.25) is 11.8 Å². The number of hydrogen-bond acceptors (Lipinski definition) is 16. The molecule has 1 aromatic rings. The second kappa shape index (κ2) is 21.8. The Bertz CT molecular complexity index is 2020. The van der Waals surface area contributed by atoms with E-state index in [1.54, 1.807) is 45.2 Å². The van der Waals surface area contributed by atoms with Crippen molar-refractivity contribution >= 4 is 80.5 Å². The zero-order valence-corrected chi connectivity index (χ0v) is 39.6. The van der Waals surface area contributed by atoms with Crippen molar-refractivity contribution in [2.45, 2.75) is 121 Å². The number of carbonyl (C=O) groups excluding carboxylic acids is 7. The maximum atomic E-state index is 14.2. The molecule has 4 bridgehead atoms. The molecule has 4 aliphatic rings. The zero-order valence-electron chi connectivity index (χ0n) is 37.2. The van der Waals surface area contributed by atoms with E-state index in [-0.39, 0.29) is 49.5 Å². The zero-order chi connectivity index (χ0) is 47.1. The molecule has 3 saturated heterocycles. The van der Waals surface area contributed by atoms with Crippen LogP contribution in [0.15, 0.2) is 35.9 Å². The van der Waals surface area contributed by atoms with Crippen molar-refractivity contribution in [3.05, 3.63) is 46.5 Å². The van der Waals surface area contributed by atoms with Gasteiger partial charge < -0.3 is 43.4 Å². The third kappa shape index (κ3) is 12.1. The van der Waals surface area contributed by atoms with Crippen LogP contribution < -0.4 is 15.0 Å². The van der Waals surface area contributed by atoms with Gasteiger partial charge in [0.25, 0.3) is 11.8 Å². The maximum Gasteiger partial charge on any atom is 0.409 e. The Morgan fingerprint density at radius 1 is 1.08 bits per heavy atom. The van der Waals surface area contributed by atoms with Gasteiger partial charge in [0.1, 0.15) is 40.7 Å². The number of esters is 1. The van der Waals surface area contributed by atoms with Gasteiger partial charge >= 0.3 is 18.0 Å². The van der Waals surface area contributed by atoms with Gasteiger partial charge in [0, 0.05) is 70.7 Å². The fourth-order valence-electron chi connectivity index (χ4n) is 7.72. The first kappa shape index (κ1) is 50.7. The number of imide groups is 1. The van der Waals surface area contributed by atoms with Crippen molar-refractivity contribution in [1.82, 2.24) is 15.3 Å². The highest BCUT2D eigenvalue weighted by atomic mass is 35.5. The van der Waals surface area contributed by atoms with Crippen molar-refractivity contribution in [3.8, 4) is 5.75 Å². The van der Waals surface area contributed by atoms with E-state index in [2.05, 4.69) is 5.32 Å². The van der Waals surface area contributed by atoms with Crippen LogP contribution >= 0.6 is 33.2 Å². The summed E-state index contributed by atoms with van der Waals surface area (Å²) < 4.78 is 29.3. The Hall–Kier alpha value is -4.34. The van der Waals surface area contributed by atoms with Crippen LogP contribution in [0.25, 0.3) is 0 Å². The van der Waals surface area contributed by atoms with Crippen molar-refractivity contribution in [3.63, 3.8) is 0 Å². The van der Waals surface area contributed by atoms with Gasteiger partial charge in [-0.25, -0.2) is 14.4 Å². The highest BCUT2D eigenvalue weighted by Gasteiger charge is 2.64. The standard InChI is InChI=1S/C43H57ClN4O14S2/c1-24-11-9-12-31(58-8)43(56)23-30(59-41(55)45-43)25(2)39-42(4,61-39)32(22-36(52)47(6)28-20-27(19-24)21-29(57-7)38(28)44)60-40(54)26(3)46(5)33(49)16-18-64-63-17-10-13-37(53)62-48-34(50)14-15-35(48)51/h9,11-12,20-21,25-26,30-32,39,56H,10,13-19,22-23H2,1-8H3,(H,45,55)/b12-9+,24-11+/t25-,26+,30+,31-,32+,39-,42+,43+/m1/s1. The van der Waals surface area contributed by atoms with Gasteiger partial charge in [-0.2, -0.15) is 0 Å². The molecule has 0 spiro atoms. The van der Waals surface area contributed by atoms with Gasteiger partial charge in [0.05, 0.1) is 25.3 Å². The minimum Gasteiger partial charge on any atom is -0.495 e. The highest BCUT2D eigenvalue weighted by molar-refractivity contribution is 8.76. The van der Waals surface area contributed by atoms with E-state index in [9.17, 15) is 38.7 Å². The molecule has 5 amide bonds. The molecule has 0 unspecified atom stereocenters. The van der Waals surface area contributed by atoms with Crippen LogP contribution in [-0.4, -0.2) is 138 Å². The van der Waals surface area contributed by atoms with Gasteiger partial charge in [-0.15, -0.1) is 5.06 Å². The summed E-state index contributed by atoms with van der Waals surface area (Å²) in [6.45, 7) is 6.89. The average molecular weight is 954 g/mol. The molecule has 8 atom stereocenters. The van der Waals surface area contributed by atoms with Crippen molar-refractivity contribution in [2.75, 3.05) is 44.7 Å². The lowest BCUT2D eigenvalue weighted by Gasteiger charge is -2.42. The maximum absolute atomic E-state index is 14.2. The number of anilines is 1. The molecule has 0 saturated carbocycles. The third-order valence-electron chi connectivity index (χ3n) is 11.8. The highest BCUT2D eigenvalue weighted by Crippen LogP contribution is 2.49. The summed E-state index contributed by atoms with van der Waals surface area (Å²) in [7, 11) is 8.76. The number of amides is 5. The number of nitrogens with one attached hydrogen (secondary N) is 1. The molecule has 21 heteroatoms. The quantitative estimate of drug-likeness (QED) is 0.0851. The van der Waals surface area contributed by atoms with Crippen LogP contribution in [0, 0.1) is 5.92 Å². The van der Waals surface area contributed by atoms with Crippen LogP contribution in [-0.2, 0) is 59.0 Å². The largest absolute Gasteiger partial charge is 0.495 e. The molecule has 18 nitrogen and oxygen atoms in total. The number of rotatable bonds is 14. The van der Waals surface area contributed by atoms with Crippen LogP contribution in [0.1, 0.15) is 78.2 Å². The lowest BCUT2D eigenvalue weighted by atomic mass is 9.83. The fourth-order valence-corrected chi connectivity index (χ4v) is 10.1. The summed E-state index contributed by atoms with van der Waals surface area (Å²) in [6.07, 6.45) is 1.11. The first-order chi connectivity index (χ1) is 30.2. The molecule has 5 rings (SSSR count). The van der Waals surface area contributed by atoms with E-state index >= 15 is 0 Å². The summed E-state index contributed by atoms with van der Waals surface area (Å²) >= 11 is 6.78. The molecule has 3 fully saturated rings. The van der Waals surface area contributed by atoms with Gasteiger partial charge in [0.15, 0.2) is 5.72 Å². The first-order valence-corrected chi connectivity index (χ1v) is 23.7. The summed E-state index contributed by atoms with van der Waals surface area (Å²) in [6, 6.07) is 2.47. The number of fused-ring (bicyclic) bond motifs is 5. The molecule has 0 aliphatic carbocycles. The Labute approximate surface area is 385 Å². The SMILES string of the molecule is COc1cc2cc(c1Cl)N(C)C(=O)C[C@H](OC(=O)[C@H](C)N(C)C(=O)CCSSCCCC(=O)ON1C(=O)CCC1=O)[C@]1(C)O[C@@H]1[C@H](C)[C@@H]1C[C@@](O)(NC(=O)O1)[C@H](OC)/C=C/C=C(\C)C2. The van der Waals surface area contributed by atoms with E-state index in [1.165, 1.54) is 59.6 Å². The molecule has 0 radical (unpaired) electrons. The lowest BCUT2D eigenvalue weighted by molar-refractivity contribution is -0.197. The molecule has 4 aliphatic heterocycles. The number of hydroxylamine groups is 2. The number of likely N-dealkylation sites (N-methyl/N-ethyl adjacent to an activating group) is 1. The Morgan fingerprint density at radius 3 is 2.44 bits per heavy atom. The number of benzene rings is 1. The van der Waals surface area contributed by atoms with Crippen LogP contribution in [0.3, 0.4) is 0 Å². The number of methoxy groups -OCH3 is 2. The normalized spacial score (nSPS) is 29.1. The number of nitrogens with zero attached hydrogens (tertiary/aromatic N) is 3. The van der Waals surface area contributed by atoms with Crippen molar-refractivity contribution < 1.29 is 67.2 Å². The van der Waals surface area contributed by atoms with Crippen LogP contribution in [0.4, 0.5) is 10.5 Å². The number of epoxide rings is 1. The molecule has 0 aromatic heterocycles. The predicted octanol–water partition coefficient (Wildman–Crippen LogP) is 4.67. The molecule has 352 valence electrons. The molecular weight excluding hydrogens is 896 g/mol. The molecular formula is C43H57ClN4O14S2. The summed E-state index contributed by atoms with van der Waals surface area (Å²) in [4.78, 5) is 97.2. The van der Waals surface area contributed by atoms with E-state index in [1.807, 2.05) is 13.0 Å². The molecule has 4 heterocycles.